The van der Waals surface area contributed by atoms with Gasteiger partial charge in [0.2, 0.25) is 0 Å². The minimum atomic E-state index is -0.647. The number of nitrogens with zero attached hydrogens (tertiary/aromatic N) is 2. The molecule has 0 aliphatic heterocycles. The third-order valence-electron chi connectivity index (χ3n) is 3.92. The number of fused-ring (bicyclic) bond motifs is 3. The molecule has 23 heavy (non-hydrogen) atoms. The molecule has 0 spiro atoms. The molecule has 0 amide bonds. The average Bonchev–Trinajstić information content (AvgIpc) is 2.99. The van der Waals surface area contributed by atoms with Crippen LogP contribution in [0.4, 0.5) is 0 Å². The highest BCUT2D eigenvalue weighted by molar-refractivity contribution is 6.08. The summed E-state index contributed by atoms with van der Waals surface area (Å²) in [5.74, 6) is 0.0796. The first-order valence-corrected chi connectivity index (χ1v) is 7.15. The smallest absolute Gasteiger partial charge is 0.349 e. The number of aromatic nitrogens is 2. The largest absolute Gasteiger partial charge is 0.422 e. The topological polar surface area (TPSA) is 65.1 Å². The first-order valence-electron chi connectivity index (χ1n) is 7.15. The van der Waals surface area contributed by atoms with Gasteiger partial charge in [0.25, 0.3) is 5.91 Å². The number of hydrogen-bond acceptors (Lipinski definition) is 4. The lowest BCUT2D eigenvalue weighted by molar-refractivity contribution is 0.0954. The van der Waals surface area contributed by atoms with E-state index in [1.165, 1.54) is 17.0 Å². The molecule has 0 atom stereocenters. The fraction of sp³-hybridized carbons (Fsp3) is 0.0556. The predicted octanol–water partition coefficient (Wildman–Crippen LogP) is 3.14. The molecule has 0 aliphatic carbocycles. The summed E-state index contributed by atoms with van der Waals surface area (Å²) in [6, 6.07) is 13.0. The van der Waals surface area contributed by atoms with Crippen LogP contribution in [0.25, 0.3) is 21.7 Å². The molecular formula is C18H12N2O3. The third-order valence-corrected chi connectivity index (χ3v) is 3.92. The van der Waals surface area contributed by atoms with Crippen LogP contribution in [0, 0.1) is 6.92 Å². The maximum absolute atomic E-state index is 12.6. The van der Waals surface area contributed by atoms with Crippen molar-refractivity contribution in [1.82, 2.24) is 9.55 Å². The van der Waals surface area contributed by atoms with Gasteiger partial charge in [0.05, 0.1) is 0 Å². The van der Waals surface area contributed by atoms with Gasteiger partial charge < -0.3 is 4.42 Å². The number of benzene rings is 2. The molecule has 2 aromatic heterocycles. The van der Waals surface area contributed by atoms with Crippen molar-refractivity contribution < 1.29 is 9.21 Å². The van der Waals surface area contributed by atoms with Crippen molar-refractivity contribution >= 4 is 27.6 Å². The number of hydrogen-bond donors (Lipinski definition) is 0. The lowest BCUT2D eigenvalue weighted by atomic mass is 10.0. The lowest BCUT2D eigenvalue weighted by Crippen LogP contribution is -2.21. The summed E-state index contributed by atoms with van der Waals surface area (Å²) in [5.41, 5.74) is -0.187. The normalized spacial score (nSPS) is 11.2. The Morgan fingerprint density at radius 1 is 1.13 bits per heavy atom. The van der Waals surface area contributed by atoms with Crippen molar-refractivity contribution in [2.75, 3.05) is 0 Å². The highest BCUT2D eigenvalue weighted by Gasteiger charge is 2.17. The van der Waals surface area contributed by atoms with Gasteiger partial charge in [-0.3, -0.25) is 9.36 Å². The van der Waals surface area contributed by atoms with Crippen LogP contribution in [0.2, 0.25) is 0 Å². The van der Waals surface area contributed by atoms with E-state index < -0.39 is 11.5 Å². The monoisotopic (exact) mass is 304 g/mol. The molecule has 4 aromatic rings. The minimum Gasteiger partial charge on any atom is -0.422 e. The maximum atomic E-state index is 12.6. The summed E-state index contributed by atoms with van der Waals surface area (Å²) < 4.78 is 6.69. The van der Waals surface area contributed by atoms with Crippen molar-refractivity contribution in [2.45, 2.75) is 6.92 Å². The Morgan fingerprint density at radius 3 is 2.74 bits per heavy atom. The number of carbonyl (C=O) groups is 1. The quantitative estimate of drug-likeness (QED) is 0.400. The summed E-state index contributed by atoms with van der Waals surface area (Å²) in [4.78, 5) is 28.8. The van der Waals surface area contributed by atoms with Crippen LogP contribution in [0.1, 0.15) is 16.2 Å². The molecule has 5 nitrogen and oxygen atoms in total. The van der Waals surface area contributed by atoms with E-state index >= 15 is 0 Å². The Morgan fingerprint density at radius 2 is 1.96 bits per heavy atom. The van der Waals surface area contributed by atoms with Crippen molar-refractivity contribution in [3.05, 3.63) is 76.7 Å². The lowest BCUT2D eigenvalue weighted by Gasteiger charge is -2.06. The molecule has 4 rings (SSSR count). The molecule has 0 aliphatic rings. The highest BCUT2D eigenvalue weighted by atomic mass is 16.4. The molecule has 2 heterocycles. The van der Waals surface area contributed by atoms with Crippen LogP contribution in [-0.2, 0) is 0 Å². The standard InChI is InChI=1S/C18H12N2O3/c1-11-19-8-9-20(11)17(21)15-10-14-13-5-3-2-4-12(13)6-7-16(14)23-18(15)22/h2-10H,1H3. The maximum Gasteiger partial charge on any atom is 0.349 e. The van der Waals surface area contributed by atoms with Crippen molar-refractivity contribution in [3.8, 4) is 0 Å². The second kappa shape index (κ2) is 4.91. The van der Waals surface area contributed by atoms with Gasteiger partial charge in [0, 0.05) is 17.8 Å². The van der Waals surface area contributed by atoms with Crippen LogP contribution in [0.3, 0.4) is 0 Å². The Labute approximate surface area is 130 Å². The molecular weight excluding hydrogens is 292 g/mol. The van der Waals surface area contributed by atoms with Crippen LogP contribution in [0.5, 0.6) is 0 Å². The van der Waals surface area contributed by atoms with E-state index in [0.717, 1.165) is 16.2 Å². The molecule has 0 unspecified atom stereocenters. The first kappa shape index (κ1) is 13.5. The number of carbonyl (C=O) groups excluding carboxylic acids is 1. The van der Waals surface area contributed by atoms with Crippen LogP contribution >= 0.6 is 0 Å². The third kappa shape index (κ3) is 2.05. The number of rotatable bonds is 1. The molecule has 0 radical (unpaired) electrons. The molecule has 0 saturated heterocycles. The molecule has 112 valence electrons. The van der Waals surface area contributed by atoms with Gasteiger partial charge in [0.1, 0.15) is 17.0 Å². The Hall–Kier alpha value is -3.21. The van der Waals surface area contributed by atoms with Crippen molar-refractivity contribution in [3.63, 3.8) is 0 Å². The van der Waals surface area contributed by atoms with Gasteiger partial charge in [-0.25, -0.2) is 9.78 Å². The zero-order chi connectivity index (χ0) is 16.0. The average molecular weight is 304 g/mol. The van der Waals surface area contributed by atoms with Crippen molar-refractivity contribution in [1.29, 1.82) is 0 Å². The summed E-state index contributed by atoms with van der Waals surface area (Å²) in [5, 5.41) is 2.69. The molecule has 2 aromatic carbocycles. The summed E-state index contributed by atoms with van der Waals surface area (Å²) >= 11 is 0. The molecule has 0 fully saturated rings. The zero-order valence-electron chi connectivity index (χ0n) is 12.3. The van der Waals surface area contributed by atoms with E-state index in [1.54, 1.807) is 19.1 Å². The van der Waals surface area contributed by atoms with E-state index in [-0.39, 0.29) is 5.56 Å². The molecule has 0 saturated carbocycles. The summed E-state index contributed by atoms with van der Waals surface area (Å²) in [6.07, 6.45) is 3.05. The molecule has 5 heteroatoms. The Bertz CT molecular complexity index is 1120. The SMILES string of the molecule is Cc1nccn1C(=O)c1cc2c(ccc3ccccc32)oc1=O. The van der Waals surface area contributed by atoms with E-state index in [1.807, 2.05) is 30.3 Å². The van der Waals surface area contributed by atoms with Gasteiger partial charge in [-0.1, -0.05) is 30.3 Å². The fourth-order valence-corrected chi connectivity index (χ4v) is 2.74. The minimum absolute atomic E-state index is 0.00467. The van der Waals surface area contributed by atoms with Gasteiger partial charge in [-0.15, -0.1) is 0 Å². The van der Waals surface area contributed by atoms with Crippen LogP contribution in [-0.4, -0.2) is 15.5 Å². The molecule has 0 N–H and O–H groups in total. The highest BCUT2D eigenvalue weighted by Crippen LogP contribution is 2.25. The predicted molar refractivity (Wildman–Crippen MR) is 86.7 cm³/mol. The van der Waals surface area contributed by atoms with Gasteiger partial charge in [0.15, 0.2) is 0 Å². The van der Waals surface area contributed by atoms with Crippen LogP contribution < -0.4 is 5.63 Å². The number of imidazole rings is 1. The second-order valence-corrected chi connectivity index (χ2v) is 5.30. The second-order valence-electron chi connectivity index (χ2n) is 5.30. The first-order chi connectivity index (χ1) is 11.1. The summed E-state index contributed by atoms with van der Waals surface area (Å²) in [6.45, 7) is 1.70. The van der Waals surface area contributed by atoms with Gasteiger partial charge in [-0.05, 0) is 29.8 Å². The Balaban J connectivity index is 2.02. The zero-order valence-corrected chi connectivity index (χ0v) is 12.3. The number of aryl methyl sites for hydroxylation is 1. The van der Waals surface area contributed by atoms with Crippen LogP contribution in [0.15, 0.2) is 64.1 Å². The van der Waals surface area contributed by atoms with E-state index in [9.17, 15) is 9.59 Å². The van der Waals surface area contributed by atoms with E-state index in [4.69, 9.17) is 4.42 Å². The van der Waals surface area contributed by atoms with E-state index in [2.05, 4.69) is 4.98 Å². The van der Waals surface area contributed by atoms with Gasteiger partial charge >= 0.3 is 5.63 Å². The van der Waals surface area contributed by atoms with Gasteiger partial charge in [-0.2, -0.15) is 0 Å². The van der Waals surface area contributed by atoms with E-state index in [0.29, 0.717) is 11.4 Å². The Kier molecular flexibility index (Phi) is 2.87. The molecule has 0 bridgehead atoms. The summed E-state index contributed by atoms with van der Waals surface area (Å²) in [7, 11) is 0. The fourth-order valence-electron chi connectivity index (χ4n) is 2.74. The van der Waals surface area contributed by atoms with Crippen molar-refractivity contribution in [2.24, 2.45) is 0 Å².